The molecule has 1 saturated carbocycles. The van der Waals surface area contributed by atoms with E-state index >= 15 is 0 Å². The molecule has 0 saturated heterocycles. The van der Waals surface area contributed by atoms with E-state index < -0.39 is 17.2 Å². The third kappa shape index (κ3) is 3.38. The van der Waals surface area contributed by atoms with Gasteiger partial charge in [-0.3, -0.25) is 0 Å². The fourth-order valence-corrected chi connectivity index (χ4v) is 3.81. The molecule has 0 bridgehead atoms. The van der Waals surface area contributed by atoms with Crippen LogP contribution in [0, 0.1) is 29.4 Å². The summed E-state index contributed by atoms with van der Waals surface area (Å²) in [7, 11) is 0. The van der Waals surface area contributed by atoms with Crippen LogP contribution in [0.2, 0.25) is 0 Å². The summed E-state index contributed by atoms with van der Waals surface area (Å²) in [6, 6.07) is 3.53. The largest absolute Gasteiger partial charge is 0.389 e. The summed E-state index contributed by atoms with van der Waals surface area (Å²) >= 11 is 0. The van der Waals surface area contributed by atoms with E-state index in [1.807, 2.05) is 0 Å². The van der Waals surface area contributed by atoms with Crippen LogP contribution in [0.4, 0.5) is 8.78 Å². The molecule has 3 atom stereocenters. The Morgan fingerprint density at radius 1 is 1.20 bits per heavy atom. The zero-order chi connectivity index (χ0) is 14.9. The lowest BCUT2D eigenvalue weighted by Crippen LogP contribution is -2.47. The van der Waals surface area contributed by atoms with Crippen molar-refractivity contribution in [3.05, 3.63) is 35.4 Å². The highest BCUT2D eigenvalue weighted by Crippen LogP contribution is 2.42. The van der Waals surface area contributed by atoms with Crippen molar-refractivity contribution >= 4 is 0 Å². The highest BCUT2D eigenvalue weighted by molar-refractivity contribution is 5.20. The van der Waals surface area contributed by atoms with Crippen LogP contribution in [0.3, 0.4) is 0 Å². The lowest BCUT2D eigenvalue weighted by atomic mass is 9.65. The molecule has 0 spiro atoms. The maximum absolute atomic E-state index is 13.3. The van der Waals surface area contributed by atoms with Gasteiger partial charge in [0.15, 0.2) is 0 Å². The smallest absolute Gasteiger partial charge is 0.126 e. The monoisotopic (exact) mass is 282 g/mol. The Balaban J connectivity index is 2.26. The Kier molecular flexibility index (Phi) is 4.48. The van der Waals surface area contributed by atoms with Crippen molar-refractivity contribution < 1.29 is 13.9 Å². The molecule has 1 aliphatic carbocycles. The Morgan fingerprint density at radius 2 is 1.80 bits per heavy atom. The van der Waals surface area contributed by atoms with Crippen LogP contribution in [-0.4, -0.2) is 10.7 Å². The van der Waals surface area contributed by atoms with Crippen LogP contribution in [0.5, 0.6) is 0 Å². The van der Waals surface area contributed by atoms with Crippen molar-refractivity contribution in [2.45, 2.75) is 52.1 Å². The molecule has 3 unspecified atom stereocenters. The van der Waals surface area contributed by atoms with E-state index in [4.69, 9.17) is 0 Å². The van der Waals surface area contributed by atoms with Gasteiger partial charge in [0.25, 0.3) is 0 Å². The van der Waals surface area contributed by atoms with E-state index in [1.165, 1.54) is 12.1 Å². The number of benzene rings is 1. The number of halogens is 2. The molecule has 0 amide bonds. The lowest BCUT2D eigenvalue weighted by Gasteiger charge is -2.45. The minimum absolute atomic E-state index is 0.185. The van der Waals surface area contributed by atoms with Gasteiger partial charge < -0.3 is 5.11 Å². The minimum atomic E-state index is -0.855. The summed E-state index contributed by atoms with van der Waals surface area (Å²) in [6.45, 7) is 6.35. The molecule has 1 aromatic carbocycles. The van der Waals surface area contributed by atoms with Crippen LogP contribution < -0.4 is 0 Å². The molecule has 112 valence electrons. The van der Waals surface area contributed by atoms with Crippen molar-refractivity contribution in [3.63, 3.8) is 0 Å². The molecule has 1 nitrogen and oxygen atoms in total. The van der Waals surface area contributed by atoms with E-state index in [0.717, 1.165) is 18.9 Å². The number of hydrogen-bond donors (Lipinski definition) is 1. The Morgan fingerprint density at radius 3 is 2.35 bits per heavy atom. The fourth-order valence-electron chi connectivity index (χ4n) is 3.81. The first-order valence-corrected chi connectivity index (χ1v) is 7.47. The number of aliphatic hydroxyl groups is 1. The first-order valence-electron chi connectivity index (χ1n) is 7.47. The van der Waals surface area contributed by atoms with Crippen molar-refractivity contribution in [2.75, 3.05) is 0 Å². The van der Waals surface area contributed by atoms with E-state index in [9.17, 15) is 13.9 Å². The van der Waals surface area contributed by atoms with Gasteiger partial charge in [0.1, 0.15) is 11.6 Å². The maximum Gasteiger partial charge on any atom is 0.126 e. The molecular weight excluding hydrogens is 258 g/mol. The van der Waals surface area contributed by atoms with Crippen molar-refractivity contribution in [3.8, 4) is 0 Å². The molecule has 0 aliphatic heterocycles. The van der Waals surface area contributed by atoms with Gasteiger partial charge in [0.05, 0.1) is 5.60 Å². The Bertz CT molecular complexity index is 452. The van der Waals surface area contributed by atoms with E-state index in [2.05, 4.69) is 20.8 Å². The zero-order valence-electron chi connectivity index (χ0n) is 12.5. The topological polar surface area (TPSA) is 20.2 Å². The summed E-state index contributed by atoms with van der Waals surface area (Å²) in [5.41, 5.74) is -0.309. The standard InChI is InChI=1S/C17H24F2O/c1-11(2)16-5-4-12(3)9-17(16,20)10-13-6-14(18)8-15(19)7-13/h6-8,11-12,16,20H,4-5,9-10H2,1-3H3. The van der Waals surface area contributed by atoms with Crippen LogP contribution in [0.15, 0.2) is 18.2 Å². The normalized spacial score (nSPS) is 30.8. The molecule has 1 aliphatic rings. The highest BCUT2D eigenvalue weighted by Gasteiger charge is 2.42. The predicted octanol–water partition coefficient (Wildman–Crippen LogP) is 4.33. The molecule has 1 fully saturated rings. The second kappa shape index (κ2) is 5.80. The second-order valence-corrected chi connectivity index (χ2v) is 6.80. The van der Waals surface area contributed by atoms with Gasteiger partial charge in [0.2, 0.25) is 0 Å². The van der Waals surface area contributed by atoms with Crippen LogP contribution in [0.1, 0.15) is 45.6 Å². The summed E-state index contributed by atoms with van der Waals surface area (Å²) < 4.78 is 26.6. The van der Waals surface area contributed by atoms with Gasteiger partial charge in [0, 0.05) is 12.5 Å². The maximum atomic E-state index is 13.3. The average Bonchev–Trinajstić information content (AvgIpc) is 2.25. The SMILES string of the molecule is CC1CCC(C(C)C)C(O)(Cc2cc(F)cc(F)c2)C1. The van der Waals surface area contributed by atoms with Crippen LogP contribution in [-0.2, 0) is 6.42 Å². The molecule has 2 rings (SSSR count). The second-order valence-electron chi connectivity index (χ2n) is 6.80. The van der Waals surface area contributed by atoms with Gasteiger partial charge in [-0.05, 0) is 48.3 Å². The van der Waals surface area contributed by atoms with Crippen molar-refractivity contribution in [1.29, 1.82) is 0 Å². The number of hydrogen-bond acceptors (Lipinski definition) is 1. The van der Waals surface area contributed by atoms with Gasteiger partial charge >= 0.3 is 0 Å². The molecule has 3 heteroatoms. The fraction of sp³-hybridized carbons (Fsp3) is 0.647. The molecule has 0 heterocycles. The Hall–Kier alpha value is -0.960. The van der Waals surface area contributed by atoms with Crippen molar-refractivity contribution in [1.82, 2.24) is 0 Å². The van der Waals surface area contributed by atoms with Gasteiger partial charge in [-0.2, -0.15) is 0 Å². The van der Waals surface area contributed by atoms with Gasteiger partial charge in [-0.1, -0.05) is 27.2 Å². The highest BCUT2D eigenvalue weighted by atomic mass is 19.1. The lowest BCUT2D eigenvalue weighted by molar-refractivity contribution is -0.0795. The third-order valence-electron chi connectivity index (χ3n) is 4.60. The summed E-state index contributed by atoms with van der Waals surface area (Å²) in [5.74, 6) is -0.147. The minimum Gasteiger partial charge on any atom is -0.389 e. The summed E-state index contributed by atoms with van der Waals surface area (Å²) in [4.78, 5) is 0. The average molecular weight is 282 g/mol. The first-order chi connectivity index (χ1) is 9.30. The summed E-state index contributed by atoms with van der Waals surface area (Å²) in [5, 5.41) is 11.1. The van der Waals surface area contributed by atoms with E-state index in [1.54, 1.807) is 0 Å². The molecule has 0 radical (unpaired) electrons. The van der Waals surface area contributed by atoms with Crippen molar-refractivity contribution in [2.24, 2.45) is 17.8 Å². The van der Waals surface area contributed by atoms with Gasteiger partial charge in [-0.15, -0.1) is 0 Å². The van der Waals surface area contributed by atoms with Crippen LogP contribution >= 0.6 is 0 Å². The third-order valence-corrected chi connectivity index (χ3v) is 4.60. The molecule has 1 N–H and O–H groups in total. The van der Waals surface area contributed by atoms with Crippen LogP contribution in [0.25, 0.3) is 0 Å². The van der Waals surface area contributed by atoms with E-state index in [0.29, 0.717) is 30.2 Å². The molecule has 20 heavy (non-hydrogen) atoms. The van der Waals surface area contributed by atoms with E-state index in [-0.39, 0.29) is 5.92 Å². The molecular formula is C17H24F2O. The first kappa shape index (κ1) is 15.4. The summed E-state index contributed by atoms with van der Waals surface area (Å²) in [6.07, 6.45) is 3.12. The molecule has 1 aromatic rings. The number of rotatable bonds is 3. The predicted molar refractivity (Wildman–Crippen MR) is 76.4 cm³/mol. The quantitative estimate of drug-likeness (QED) is 0.875. The zero-order valence-corrected chi connectivity index (χ0v) is 12.5. The van der Waals surface area contributed by atoms with Gasteiger partial charge in [-0.25, -0.2) is 8.78 Å². The molecule has 0 aromatic heterocycles. The Labute approximate surface area is 120 Å².